The quantitative estimate of drug-likeness (QED) is 0.893. The summed E-state index contributed by atoms with van der Waals surface area (Å²) >= 11 is 0. The Morgan fingerprint density at radius 3 is 2.72 bits per heavy atom. The Morgan fingerprint density at radius 2 is 2.06 bits per heavy atom. The molecule has 4 heteroatoms. The van der Waals surface area contributed by atoms with Crippen LogP contribution in [-0.4, -0.2) is 11.5 Å². The van der Waals surface area contributed by atoms with Gasteiger partial charge in [-0.05, 0) is 25.8 Å². The highest BCUT2D eigenvalue weighted by atomic mass is 19.1. The van der Waals surface area contributed by atoms with Crippen LogP contribution in [0.2, 0.25) is 0 Å². The van der Waals surface area contributed by atoms with E-state index in [2.05, 4.69) is 10.3 Å². The Kier molecular flexibility index (Phi) is 2.65. The second-order valence-electron chi connectivity index (χ2n) is 4.68. The van der Waals surface area contributed by atoms with E-state index in [0.717, 1.165) is 24.6 Å². The lowest BCUT2D eigenvalue weighted by molar-refractivity contribution is 0.591. The van der Waals surface area contributed by atoms with Gasteiger partial charge in [0.05, 0.1) is 10.9 Å². The summed E-state index contributed by atoms with van der Waals surface area (Å²) in [5.41, 5.74) is 2.04. The fraction of sp³-hybridized carbons (Fsp3) is 0.357. The summed E-state index contributed by atoms with van der Waals surface area (Å²) in [4.78, 5) is 4.38. The average Bonchev–Trinajstić information content (AvgIpc) is 3.11. The number of nitrogens with one attached hydrogen (secondary N) is 1. The van der Waals surface area contributed by atoms with E-state index in [1.54, 1.807) is 0 Å². The predicted octanol–water partition coefficient (Wildman–Crippen LogP) is 3.82. The Balaban J connectivity index is 2.26. The van der Waals surface area contributed by atoms with Gasteiger partial charge in [-0.15, -0.1) is 0 Å². The van der Waals surface area contributed by atoms with Gasteiger partial charge in [0.2, 0.25) is 0 Å². The molecule has 1 fully saturated rings. The molecule has 1 aliphatic carbocycles. The lowest BCUT2D eigenvalue weighted by atomic mass is 10.1. The Morgan fingerprint density at radius 1 is 1.28 bits per heavy atom. The molecule has 0 bridgehead atoms. The molecule has 94 valence electrons. The standard InChI is InChI=1S/C14H14F2N2/c1-2-17-12-7-11(8-3-4-8)18-13-6-9(15)5-10(16)14(12)13/h5-8H,2-4H2,1H3,(H,17,18). The minimum Gasteiger partial charge on any atom is -0.385 e. The van der Waals surface area contributed by atoms with Gasteiger partial charge >= 0.3 is 0 Å². The molecular weight excluding hydrogens is 234 g/mol. The largest absolute Gasteiger partial charge is 0.385 e. The van der Waals surface area contributed by atoms with E-state index < -0.39 is 11.6 Å². The SMILES string of the molecule is CCNc1cc(C2CC2)nc2cc(F)cc(F)c12. The van der Waals surface area contributed by atoms with Gasteiger partial charge in [-0.3, -0.25) is 4.98 Å². The summed E-state index contributed by atoms with van der Waals surface area (Å²) in [6.07, 6.45) is 2.23. The van der Waals surface area contributed by atoms with Crippen LogP contribution < -0.4 is 5.32 Å². The molecule has 0 amide bonds. The van der Waals surface area contributed by atoms with Crippen molar-refractivity contribution in [2.45, 2.75) is 25.7 Å². The molecule has 18 heavy (non-hydrogen) atoms. The number of rotatable bonds is 3. The monoisotopic (exact) mass is 248 g/mol. The molecule has 2 aromatic rings. The van der Waals surface area contributed by atoms with Crippen molar-refractivity contribution < 1.29 is 8.78 Å². The first-order valence-corrected chi connectivity index (χ1v) is 6.22. The lowest BCUT2D eigenvalue weighted by Gasteiger charge is -2.11. The number of aromatic nitrogens is 1. The van der Waals surface area contributed by atoms with Crippen LogP contribution in [0.4, 0.5) is 14.5 Å². The first kappa shape index (κ1) is 11.4. The molecule has 1 aromatic carbocycles. The third-order valence-electron chi connectivity index (χ3n) is 3.21. The minimum absolute atomic E-state index is 0.377. The second kappa shape index (κ2) is 4.19. The van der Waals surface area contributed by atoms with Gasteiger partial charge in [0.1, 0.15) is 11.6 Å². The van der Waals surface area contributed by atoms with Gasteiger partial charge < -0.3 is 5.32 Å². The zero-order chi connectivity index (χ0) is 12.7. The molecule has 3 rings (SSSR count). The smallest absolute Gasteiger partial charge is 0.137 e. The fourth-order valence-corrected chi connectivity index (χ4v) is 2.22. The number of nitrogens with zero attached hydrogens (tertiary/aromatic N) is 1. The normalized spacial score (nSPS) is 15.1. The summed E-state index contributed by atoms with van der Waals surface area (Å²) in [5.74, 6) is -0.683. The molecule has 0 saturated heterocycles. The van der Waals surface area contributed by atoms with Crippen molar-refractivity contribution >= 4 is 16.6 Å². The maximum atomic E-state index is 13.9. The number of hydrogen-bond acceptors (Lipinski definition) is 2. The highest BCUT2D eigenvalue weighted by Crippen LogP contribution is 2.41. The summed E-state index contributed by atoms with van der Waals surface area (Å²) in [5, 5.41) is 3.51. The van der Waals surface area contributed by atoms with E-state index >= 15 is 0 Å². The maximum absolute atomic E-state index is 13.9. The van der Waals surface area contributed by atoms with Gasteiger partial charge in [0, 0.05) is 36.0 Å². The van der Waals surface area contributed by atoms with E-state index in [-0.39, 0.29) is 0 Å². The first-order chi connectivity index (χ1) is 8.69. The van der Waals surface area contributed by atoms with Gasteiger partial charge in [-0.1, -0.05) is 0 Å². The molecule has 1 N–H and O–H groups in total. The third kappa shape index (κ3) is 1.92. The molecule has 0 radical (unpaired) electrons. The van der Waals surface area contributed by atoms with Gasteiger partial charge in [-0.25, -0.2) is 8.78 Å². The van der Waals surface area contributed by atoms with Crippen LogP contribution >= 0.6 is 0 Å². The predicted molar refractivity (Wildman–Crippen MR) is 67.8 cm³/mol. The summed E-state index contributed by atoms with van der Waals surface area (Å²) < 4.78 is 27.1. The molecule has 0 spiro atoms. The van der Waals surface area contributed by atoms with Crippen molar-refractivity contribution in [3.63, 3.8) is 0 Å². The van der Waals surface area contributed by atoms with Crippen molar-refractivity contribution in [2.75, 3.05) is 11.9 Å². The Hall–Kier alpha value is -1.71. The zero-order valence-electron chi connectivity index (χ0n) is 10.1. The second-order valence-corrected chi connectivity index (χ2v) is 4.68. The van der Waals surface area contributed by atoms with Gasteiger partial charge in [0.15, 0.2) is 0 Å². The molecule has 1 aromatic heterocycles. The van der Waals surface area contributed by atoms with E-state index in [4.69, 9.17) is 0 Å². The molecule has 0 atom stereocenters. The van der Waals surface area contributed by atoms with Crippen LogP contribution in [0.25, 0.3) is 10.9 Å². The maximum Gasteiger partial charge on any atom is 0.137 e. The van der Waals surface area contributed by atoms with Gasteiger partial charge in [0.25, 0.3) is 0 Å². The number of pyridine rings is 1. The number of anilines is 1. The third-order valence-corrected chi connectivity index (χ3v) is 3.21. The van der Waals surface area contributed by atoms with Crippen molar-refractivity contribution in [3.8, 4) is 0 Å². The minimum atomic E-state index is -0.581. The van der Waals surface area contributed by atoms with E-state index in [1.807, 2.05) is 13.0 Å². The Bertz CT molecular complexity index is 606. The molecule has 1 saturated carbocycles. The summed E-state index contributed by atoms with van der Waals surface area (Å²) in [6.45, 7) is 2.64. The number of fused-ring (bicyclic) bond motifs is 1. The van der Waals surface area contributed by atoms with E-state index in [0.29, 0.717) is 29.1 Å². The van der Waals surface area contributed by atoms with Crippen LogP contribution in [0.15, 0.2) is 18.2 Å². The Labute approximate surface area is 104 Å². The zero-order valence-corrected chi connectivity index (χ0v) is 10.1. The number of hydrogen-bond donors (Lipinski definition) is 1. The molecule has 0 unspecified atom stereocenters. The fourth-order valence-electron chi connectivity index (χ4n) is 2.22. The van der Waals surface area contributed by atoms with E-state index in [9.17, 15) is 8.78 Å². The summed E-state index contributed by atoms with van der Waals surface area (Å²) in [6, 6.07) is 4.09. The number of halogens is 2. The average molecular weight is 248 g/mol. The van der Waals surface area contributed by atoms with Crippen LogP contribution in [-0.2, 0) is 0 Å². The van der Waals surface area contributed by atoms with E-state index in [1.165, 1.54) is 6.07 Å². The molecule has 1 aliphatic rings. The first-order valence-electron chi connectivity index (χ1n) is 6.22. The van der Waals surface area contributed by atoms with Crippen LogP contribution in [0, 0.1) is 11.6 Å². The topological polar surface area (TPSA) is 24.9 Å². The van der Waals surface area contributed by atoms with Crippen molar-refractivity contribution in [2.24, 2.45) is 0 Å². The van der Waals surface area contributed by atoms with Crippen LogP contribution in [0.1, 0.15) is 31.4 Å². The summed E-state index contributed by atoms with van der Waals surface area (Å²) in [7, 11) is 0. The molecular formula is C14H14F2N2. The van der Waals surface area contributed by atoms with Crippen molar-refractivity contribution in [1.29, 1.82) is 0 Å². The highest BCUT2D eigenvalue weighted by molar-refractivity contribution is 5.92. The molecule has 1 heterocycles. The molecule has 2 nitrogen and oxygen atoms in total. The molecule has 0 aliphatic heterocycles. The number of benzene rings is 1. The van der Waals surface area contributed by atoms with Gasteiger partial charge in [-0.2, -0.15) is 0 Å². The van der Waals surface area contributed by atoms with Crippen molar-refractivity contribution in [1.82, 2.24) is 4.98 Å². The lowest BCUT2D eigenvalue weighted by Crippen LogP contribution is -2.02. The van der Waals surface area contributed by atoms with Crippen LogP contribution in [0.3, 0.4) is 0 Å². The highest BCUT2D eigenvalue weighted by Gasteiger charge is 2.26. The van der Waals surface area contributed by atoms with Crippen molar-refractivity contribution in [3.05, 3.63) is 35.5 Å². The van der Waals surface area contributed by atoms with Crippen LogP contribution in [0.5, 0.6) is 0 Å².